The first-order valence-corrected chi connectivity index (χ1v) is 11.7. The summed E-state index contributed by atoms with van der Waals surface area (Å²) in [4.78, 5) is 7.17. The highest BCUT2D eigenvalue weighted by Crippen LogP contribution is 2.35. The number of imidazole rings is 1. The van der Waals surface area contributed by atoms with Gasteiger partial charge in [0.1, 0.15) is 21.2 Å². The molecule has 0 aliphatic carbocycles. The van der Waals surface area contributed by atoms with Crippen LogP contribution in [0.15, 0.2) is 54.1 Å². The molecule has 0 saturated carbocycles. The fourth-order valence-corrected chi connectivity index (χ4v) is 5.43. The third kappa shape index (κ3) is 4.86. The molecule has 2 aromatic carbocycles. The molecule has 5 nitrogen and oxygen atoms in total. The van der Waals surface area contributed by atoms with Crippen molar-refractivity contribution < 1.29 is 17.2 Å². The van der Waals surface area contributed by atoms with Crippen LogP contribution in [-0.2, 0) is 10.0 Å². The third-order valence-corrected chi connectivity index (χ3v) is 7.27. The summed E-state index contributed by atoms with van der Waals surface area (Å²) in [7, 11) is -3.88. The van der Waals surface area contributed by atoms with E-state index in [-0.39, 0.29) is 31.1 Å². The van der Waals surface area contributed by atoms with Crippen molar-refractivity contribution in [1.29, 1.82) is 0 Å². The molecule has 0 radical (unpaired) electrons. The van der Waals surface area contributed by atoms with Gasteiger partial charge in [0.2, 0.25) is 0 Å². The summed E-state index contributed by atoms with van der Waals surface area (Å²) in [6.07, 6.45) is 1.41. The normalized spacial score (nSPS) is 11.8. The first kappa shape index (κ1) is 23.1. The van der Waals surface area contributed by atoms with Crippen LogP contribution in [0.4, 0.5) is 8.78 Å². The topological polar surface area (TPSA) is 74.8 Å². The van der Waals surface area contributed by atoms with Crippen LogP contribution in [0.5, 0.6) is 0 Å². The molecule has 0 aliphatic heterocycles. The van der Waals surface area contributed by atoms with E-state index in [4.69, 9.17) is 23.2 Å². The van der Waals surface area contributed by atoms with Crippen LogP contribution in [0, 0.1) is 15.3 Å². The van der Waals surface area contributed by atoms with Crippen molar-refractivity contribution in [3.8, 4) is 0 Å². The van der Waals surface area contributed by atoms with Crippen LogP contribution in [0.2, 0.25) is 10.0 Å². The van der Waals surface area contributed by atoms with Crippen LogP contribution in [0.3, 0.4) is 0 Å². The Kier molecular flexibility index (Phi) is 7.18. The lowest BCUT2D eigenvalue weighted by Crippen LogP contribution is -2.24. The largest absolute Gasteiger partial charge is 0.330 e. The number of aromatic nitrogens is 2. The van der Waals surface area contributed by atoms with Crippen LogP contribution in [0.1, 0.15) is 22.9 Å². The molecule has 1 aromatic heterocycles. The van der Waals surface area contributed by atoms with Gasteiger partial charge in [0.05, 0.1) is 16.0 Å². The monoisotopic (exact) mass is 583 g/mol. The average molecular weight is 584 g/mol. The molecule has 3 rings (SSSR count). The van der Waals surface area contributed by atoms with Gasteiger partial charge in [-0.1, -0.05) is 41.4 Å². The van der Waals surface area contributed by atoms with Gasteiger partial charge in [-0.05, 0) is 58.0 Å². The first-order valence-electron chi connectivity index (χ1n) is 8.40. The lowest BCUT2D eigenvalue weighted by Gasteiger charge is -2.17. The molecule has 0 bridgehead atoms. The number of nitrogens with zero attached hydrogens (tertiary/aromatic N) is 1. The van der Waals surface area contributed by atoms with Crippen molar-refractivity contribution in [2.45, 2.75) is 10.9 Å². The number of aromatic amines is 1. The zero-order valence-electron chi connectivity index (χ0n) is 15.1. The number of benzene rings is 2. The van der Waals surface area contributed by atoms with Crippen molar-refractivity contribution in [3.63, 3.8) is 0 Å². The lowest BCUT2D eigenvalue weighted by atomic mass is 9.90. The van der Waals surface area contributed by atoms with Gasteiger partial charge in [-0.25, -0.2) is 26.9 Å². The number of nitrogens with one attached hydrogen (secondary N) is 2. The highest BCUT2D eigenvalue weighted by Gasteiger charge is 2.27. The molecule has 0 amide bonds. The van der Waals surface area contributed by atoms with Crippen molar-refractivity contribution in [2.24, 2.45) is 0 Å². The Labute approximate surface area is 195 Å². The van der Waals surface area contributed by atoms with E-state index in [9.17, 15) is 17.2 Å². The minimum absolute atomic E-state index is 0.0390. The van der Waals surface area contributed by atoms with Gasteiger partial charge in [-0.3, -0.25) is 0 Å². The summed E-state index contributed by atoms with van der Waals surface area (Å²) in [5.74, 6) is -1.69. The number of hydrogen-bond donors (Lipinski definition) is 2. The molecular weight excluding hydrogens is 570 g/mol. The number of sulfonamides is 1. The molecule has 0 spiro atoms. The lowest BCUT2D eigenvalue weighted by molar-refractivity contribution is 0.581. The van der Waals surface area contributed by atoms with Crippen molar-refractivity contribution in [3.05, 3.63) is 91.4 Å². The van der Waals surface area contributed by atoms with E-state index in [0.717, 1.165) is 0 Å². The standard InChI is InChI=1S/C19H14Cl2F2IN3O2S/c1-2-7-25-30(28,29)19-17(24)26-18(27-19)16(10-3-5-14(22)12(20)8-10)11-4-6-15(23)13(21)9-11/h2-6,8-9,16,25H,1,7H2,(H,26,27). The minimum Gasteiger partial charge on any atom is -0.330 e. The number of hydrogen-bond acceptors (Lipinski definition) is 3. The zero-order valence-corrected chi connectivity index (χ0v) is 19.6. The predicted octanol–water partition coefficient (Wildman–Crippen LogP) is 5.24. The summed E-state index contributed by atoms with van der Waals surface area (Å²) in [6, 6.07) is 8.15. The van der Waals surface area contributed by atoms with Gasteiger partial charge in [0, 0.05) is 6.54 Å². The fraction of sp³-hybridized carbons (Fsp3) is 0.105. The van der Waals surface area contributed by atoms with E-state index in [1.165, 1.54) is 42.5 Å². The summed E-state index contributed by atoms with van der Waals surface area (Å²) in [6.45, 7) is 3.52. The number of halogens is 5. The van der Waals surface area contributed by atoms with Gasteiger partial charge >= 0.3 is 0 Å². The molecule has 3 aromatic rings. The van der Waals surface area contributed by atoms with Gasteiger partial charge in [0.15, 0.2) is 5.03 Å². The molecule has 1 heterocycles. The maximum absolute atomic E-state index is 13.7. The Morgan fingerprint density at radius 1 is 1.13 bits per heavy atom. The Bertz CT molecular complexity index is 1170. The molecule has 2 N–H and O–H groups in total. The molecular formula is C19H14Cl2F2IN3O2S. The smallest absolute Gasteiger partial charge is 0.259 e. The molecule has 0 saturated heterocycles. The van der Waals surface area contributed by atoms with E-state index in [0.29, 0.717) is 11.1 Å². The van der Waals surface area contributed by atoms with Gasteiger partial charge in [-0.15, -0.1) is 6.58 Å². The summed E-state index contributed by atoms with van der Waals surface area (Å²) >= 11 is 13.7. The summed E-state index contributed by atoms with van der Waals surface area (Å²) in [5, 5.41) is -0.369. The number of rotatable bonds is 7. The Balaban J connectivity index is 2.18. The molecule has 158 valence electrons. The van der Waals surface area contributed by atoms with Crippen LogP contribution >= 0.6 is 45.8 Å². The quantitative estimate of drug-likeness (QED) is 0.295. The first-order chi connectivity index (χ1) is 14.1. The Morgan fingerprint density at radius 2 is 1.67 bits per heavy atom. The fourth-order valence-electron chi connectivity index (χ4n) is 2.80. The molecule has 0 aliphatic rings. The summed E-state index contributed by atoms with van der Waals surface area (Å²) < 4.78 is 55.1. The second-order valence-corrected chi connectivity index (χ2v) is 9.70. The average Bonchev–Trinajstić information content (AvgIpc) is 3.08. The molecule has 0 unspecified atom stereocenters. The van der Waals surface area contributed by atoms with E-state index >= 15 is 0 Å². The molecule has 0 fully saturated rings. The van der Waals surface area contributed by atoms with Gasteiger partial charge < -0.3 is 4.98 Å². The summed E-state index contributed by atoms with van der Waals surface area (Å²) in [5.41, 5.74) is 1.02. The molecule has 11 heteroatoms. The highest BCUT2D eigenvalue weighted by atomic mass is 127. The second kappa shape index (κ2) is 9.31. The van der Waals surface area contributed by atoms with E-state index in [2.05, 4.69) is 21.3 Å². The van der Waals surface area contributed by atoms with Crippen molar-refractivity contribution >= 4 is 55.8 Å². The van der Waals surface area contributed by atoms with Gasteiger partial charge in [0.25, 0.3) is 10.0 Å². The maximum atomic E-state index is 13.7. The van der Waals surface area contributed by atoms with Crippen molar-refractivity contribution in [2.75, 3.05) is 6.54 Å². The molecule has 0 atom stereocenters. The van der Waals surface area contributed by atoms with Gasteiger partial charge in [-0.2, -0.15) is 0 Å². The van der Waals surface area contributed by atoms with E-state index < -0.39 is 27.6 Å². The van der Waals surface area contributed by atoms with Crippen molar-refractivity contribution in [1.82, 2.24) is 14.7 Å². The Hall–Kier alpha value is -1.53. The van der Waals surface area contributed by atoms with Crippen LogP contribution in [-0.4, -0.2) is 24.9 Å². The molecule has 30 heavy (non-hydrogen) atoms. The SMILES string of the molecule is C=CCNS(=O)(=O)c1[nH]c(C(c2ccc(F)c(Cl)c2)c2ccc(F)c(Cl)c2)nc1I. The van der Waals surface area contributed by atoms with E-state index in [1.807, 2.05) is 0 Å². The predicted molar refractivity (Wildman–Crippen MR) is 120 cm³/mol. The zero-order chi connectivity index (χ0) is 22.1. The number of H-pyrrole nitrogens is 1. The van der Waals surface area contributed by atoms with E-state index in [1.54, 1.807) is 22.6 Å². The minimum atomic E-state index is -3.88. The van der Waals surface area contributed by atoms with Crippen LogP contribution < -0.4 is 4.72 Å². The Morgan fingerprint density at radius 3 is 2.13 bits per heavy atom. The van der Waals surface area contributed by atoms with Crippen LogP contribution in [0.25, 0.3) is 0 Å². The third-order valence-electron chi connectivity index (χ3n) is 4.16. The maximum Gasteiger partial charge on any atom is 0.259 e. The second-order valence-electron chi connectivity index (χ2n) is 6.16. The highest BCUT2D eigenvalue weighted by molar-refractivity contribution is 14.1.